The molecule has 0 saturated carbocycles. The Kier molecular flexibility index (Phi) is 6.29. The van der Waals surface area contributed by atoms with Gasteiger partial charge in [0.25, 0.3) is 15.9 Å². The number of carbonyl (C=O) groups excluding carboxylic acids is 1. The molecule has 0 aliphatic rings. The maximum atomic E-state index is 13.6. The van der Waals surface area contributed by atoms with E-state index in [0.717, 1.165) is 5.56 Å². The van der Waals surface area contributed by atoms with Crippen LogP contribution in [-0.4, -0.2) is 20.9 Å². The molecule has 0 fully saturated rings. The number of amides is 1. The summed E-state index contributed by atoms with van der Waals surface area (Å²) in [6.07, 6.45) is 0.359. The summed E-state index contributed by atoms with van der Waals surface area (Å²) in [6.45, 7) is 2.14. The van der Waals surface area contributed by atoms with E-state index in [0.29, 0.717) is 17.5 Å². The lowest BCUT2D eigenvalue weighted by Crippen LogP contribution is -2.26. The van der Waals surface area contributed by atoms with Crippen molar-refractivity contribution < 1.29 is 17.6 Å². The summed E-state index contributed by atoms with van der Waals surface area (Å²) in [5, 5.41) is 2.72. The minimum Gasteiger partial charge on any atom is -0.352 e. The number of aryl methyl sites for hydroxylation is 1. The second kappa shape index (κ2) is 8.87. The molecule has 0 aromatic heterocycles. The summed E-state index contributed by atoms with van der Waals surface area (Å²) in [5.74, 6) is -0.674. The van der Waals surface area contributed by atoms with Crippen LogP contribution in [0.2, 0.25) is 0 Å². The van der Waals surface area contributed by atoms with Gasteiger partial charge in [-0.3, -0.25) is 9.52 Å². The fraction of sp³-hybridized carbons (Fsp3) is 0.136. The molecule has 1 amide bonds. The summed E-state index contributed by atoms with van der Waals surface area (Å²) in [4.78, 5) is 12.5. The smallest absolute Gasteiger partial charge is 0.261 e. The number of hydrogen-bond donors (Lipinski definition) is 2. The van der Waals surface area contributed by atoms with Crippen LogP contribution in [0.5, 0.6) is 0 Å². The van der Waals surface area contributed by atoms with Gasteiger partial charge in [0.1, 0.15) is 5.82 Å². The van der Waals surface area contributed by atoms with Crippen molar-refractivity contribution in [2.75, 3.05) is 11.3 Å². The standard InChI is InChI=1S/C22H21FN2O3S/c1-16-9-11-20(12-10-16)29(27,28)25-19-7-4-6-18(15-19)22(26)24-14-13-17-5-2-3-8-21(17)23/h2-12,15,25H,13-14H2,1H3,(H,24,26). The number of halogens is 1. The Balaban J connectivity index is 1.65. The minimum atomic E-state index is -3.75. The van der Waals surface area contributed by atoms with Crippen LogP contribution in [0.3, 0.4) is 0 Å². The molecule has 3 aromatic rings. The zero-order chi connectivity index (χ0) is 20.9. The molecule has 7 heteroatoms. The topological polar surface area (TPSA) is 75.3 Å². The highest BCUT2D eigenvalue weighted by atomic mass is 32.2. The molecule has 5 nitrogen and oxygen atoms in total. The van der Waals surface area contributed by atoms with Crippen molar-refractivity contribution in [3.63, 3.8) is 0 Å². The summed E-state index contributed by atoms with van der Waals surface area (Å²) >= 11 is 0. The molecule has 0 heterocycles. The Labute approximate surface area is 169 Å². The molecule has 0 bridgehead atoms. The van der Waals surface area contributed by atoms with Gasteiger partial charge in [-0.2, -0.15) is 0 Å². The lowest BCUT2D eigenvalue weighted by molar-refractivity contribution is 0.0954. The van der Waals surface area contributed by atoms with Gasteiger partial charge in [0.15, 0.2) is 0 Å². The number of carbonyl (C=O) groups is 1. The number of benzene rings is 3. The van der Waals surface area contributed by atoms with E-state index in [4.69, 9.17) is 0 Å². The van der Waals surface area contributed by atoms with E-state index in [1.54, 1.807) is 48.5 Å². The highest BCUT2D eigenvalue weighted by molar-refractivity contribution is 7.92. The Morgan fingerprint density at radius 2 is 1.69 bits per heavy atom. The molecular weight excluding hydrogens is 391 g/mol. The second-order valence-corrected chi connectivity index (χ2v) is 8.28. The number of rotatable bonds is 7. The first kappa shape index (κ1) is 20.5. The maximum absolute atomic E-state index is 13.6. The van der Waals surface area contributed by atoms with Crippen molar-refractivity contribution in [1.82, 2.24) is 5.32 Å². The Morgan fingerprint density at radius 3 is 2.41 bits per heavy atom. The lowest BCUT2D eigenvalue weighted by Gasteiger charge is -2.10. The van der Waals surface area contributed by atoms with Crippen LogP contribution >= 0.6 is 0 Å². The van der Waals surface area contributed by atoms with Crippen LogP contribution < -0.4 is 10.0 Å². The first-order valence-corrected chi connectivity index (χ1v) is 10.5. The van der Waals surface area contributed by atoms with Crippen molar-refractivity contribution >= 4 is 21.6 Å². The van der Waals surface area contributed by atoms with Crippen LogP contribution in [0.25, 0.3) is 0 Å². The van der Waals surface area contributed by atoms with Crippen LogP contribution in [0.15, 0.2) is 77.7 Å². The van der Waals surface area contributed by atoms with Crippen molar-refractivity contribution in [2.45, 2.75) is 18.2 Å². The Bertz CT molecular complexity index is 1110. The third-order valence-electron chi connectivity index (χ3n) is 4.35. The molecule has 0 atom stereocenters. The van der Waals surface area contributed by atoms with E-state index < -0.39 is 10.0 Å². The van der Waals surface area contributed by atoms with Crippen molar-refractivity contribution in [3.8, 4) is 0 Å². The van der Waals surface area contributed by atoms with Gasteiger partial charge in [0, 0.05) is 17.8 Å². The van der Waals surface area contributed by atoms with Gasteiger partial charge in [-0.05, 0) is 55.3 Å². The number of sulfonamides is 1. The van der Waals surface area contributed by atoms with E-state index in [-0.39, 0.29) is 28.9 Å². The van der Waals surface area contributed by atoms with Gasteiger partial charge in [-0.15, -0.1) is 0 Å². The van der Waals surface area contributed by atoms with Gasteiger partial charge < -0.3 is 5.32 Å². The molecule has 0 spiro atoms. The first-order valence-electron chi connectivity index (χ1n) is 9.06. The van der Waals surface area contributed by atoms with Crippen LogP contribution in [0.4, 0.5) is 10.1 Å². The molecule has 0 aliphatic heterocycles. The van der Waals surface area contributed by atoms with E-state index in [1.165, 1.54) is 24.3 Å². The molecule has 3 aromatic carbocycles. The van der Waals surface area contributed by atoms with E-state index in [2.05, 4.69) is 10.0 Å². The van der Waals surface area contributed by atoms with Gasteiger partial charge in [0.05, 0.1) is 4.90 Å². The van der Waals surface area contributed by atoms with Gasteiger partial charge in [-0.1, -0.05) is 42.0 Å². The molecular formula is C22H21FN2O3S. The average molecular weight is 412 g/mol. The quantitative estimate of drug-likeness (QED) is 0.618. The predicted octanol–water partition coefficient (Wildman–Crippen LogP) is 3.91. The van der Waals surface area contributed by atoms with Gasteiger partial charge in [0.2, 0.25) is 0 Å². The third-order valence-corrected chi connectivity index (χ3v) is 5.74. The molecule has 3 rings (SSSR count). The van der Waals surface area contributed by atoms with Crippen molar-refractivity contribution in [2.24, 2.45) is 0 Å². The van der Waals surface area contributed by atoms with Crippen molar-refractivity contribution in [3.05, 3.63) is 95.3 Å². The monoisotopic (exact) mass is 412 g/mol. The summed E-state index contributed by atoms with van der Waals surface area (Å²) < 4.78 is 41.1. The molecule has 0 saturated heterocycles. The number of hydrogen-bond acceptors (Lipinski definition) is 3. The largest absolute Gasteiger partial charge is 0.352 e. The highest BCUT2D eigenvalue weighted by Gasteiger charge is 2.15. The van der Waals surface area contributed by atoms with Crippen LogP contribution in [-0.2, 0) is 16.4 Å². The molecule has 0 unspecified atom stereocenters. The first-order chi connectivity index (χ1) is 13.8. The maximum Gasteiger partial charge on any atom is 0.261 e. The molecule has 29 heavy (non-hydrogen) atoms. The van der Waals surface area contributed by atoms with Crippen LogP contribution in [0, 0.1) is 12.7 Å². The summed E-state index contributed by atoms with van der Waals surface area (Å²) in [7, 11) is -3.75. The normalized spacial score (nSPS) is 11.1. The molecule has 2 N–H and O–H groups in total. The Hall–Kier alpha value is -3.19. The average Bonchev–Trinajstić information content (AvgIpc) is 2.69. The van der Waals surface area contributed by atoms with Gasteiger partial charge >= 0.3 is 0 Å². The third kappa shape index (κ3) is 5.42. The fourth-order valence-corrected chi connectivity index (χ4v) is 3.82. The fourth-order valence-electron chi connectivity index (χ4n) is 2.77. The summed E-state index contributed by atoms with van der Waals surface area (Å²) in [5.41, 5.74) is 2.07. The van der Waals surface area contributed by atoms with E-state index >= 15 is 0 Å². The second-order valence-electron chi connectivity index (χ2n) is 6.60. The zero-order valence-corrected chi connectivity index (χ0v) is 16.7. The summed E-state index contributed by atoms with van der Waals surface area (Å²) in [6, 6.07) is 19.1. The van der Waals surface area contributed by atoms with Crippen LogP contribution in [0.1, 0.15) is 21.5 Å². The Morgan fingerprint density at radius 1 is 0.966 bits per heavy atom. The SMILES string of the molecule is Cc1ccc(S(=O)(=O)Nc2cccc(C(=O)NCCc3ccccc3F)c2)cc1. The molecule has 150 valence electrons. The zero-order valence-electron chi connectivity index (χ0n) is 15.9. The molecule has 0 radical (unpaired) electrons. The van der Waals surface area contributed by atoms with E-state index in [9.17, 15) is 17.6 Å². The van der Waals surface area contributed by atoms with E-state index in [1.807, 2.05) is 6.92 Å². The number of anilines is 1. The predicted molar refractivity (Wildman–Crippen MR) is 111 cm³/mol. The van der Waals surface area contributed by atoms with Crippen molar-refractivity contribution in [1.29, 1.82) is 0 Å². The van der Waals surface area contributed by atoms with Gasteiger partial charge in [-0.25, -0.2) is 12.8 Å². The molecule has 0 aliphatic carbocycles. The lowest BCUT2D eigenvalue weighted by atomic mass is 10.1. The number of nitrogens with one attached hydrogen (secondary N) is 2. The highest BCUT2D eigenvalue weighted by Crippen LogP contribution is 2.18. The minimum absolute atomic E-state index is 0.142.